The van der Waals surface area contributed by atoms with Crippen molar-refractivity contribution in [2.75, 3.05) is 25.9 Å². The van der Waals surface area contributed by atoms with Crippen molar-refractivity contribution in [3.8, 4) is 0 Å². The molecular weight excluding hydrogens is 216 g/mol. The molecule has 0 radical (unpaired) electrons. The van der Waals surface area contributed by atoms with Crippen LogP contribution in [0.15, 0.2) is 24.3 Å². The van der Waals surface area contributed by atoms with Gasteiger partial charge in [0.2, 0.25) is 0 Å². The number of ether oxygens (including phenoxy) is 1. The van der Waals surface area contributed by atoms with Gasteiger partial charge in [0.15, 0.2) is 0 Å². The zero-order valence-electron chi connectivity index (χ0n) is 10.1. The van der Waals surface area contributed by atoms with Crippen molar-refractivity contribution < 1.29 is 9.53 Å². The molecule has 1 aliphatic rings. The van der Waals surface area contributed by atoms with E-state index in [1.54, 1.807) is 18.2 Å². The van der Waals surface area contributed by atoms with Crippen molar-refractivity contribution in [3.63, 3.8) is 0 Å². The van der Waals surface area contributed by atoms with Gasteiger partial charge >= 0.3 is 5.97 Å². The highest BCUT2D eigenvalue weighted by Gasteiger charge is 2.21. The fraction of sp³-hybridized carbons (Fsp3) is 0.462. The Bertz CT molecular complexity index is 398. The van der Waals surface area contributed by atoms with Crippen molar-refractivity contribution in [2.24, 2.45) is 0 Å². The van der Waals surface area contributed by atoms with Gasteiger partial charge in [-0.3, -0.25) is 0 Å². The van der Waals surface area contributed by atoms with Gasteiger partial charge in [-0.1, -0.05) is 12.1 Å². The number of nitrogen functional groups attached to an aromatic ring is 1. The van der Waals surface area contributed by atoms with Crippen molar-refractivity contribution >= 4 is 11.7 Å². The van der Waals surface area contributed by atoms with Crippen LogP contribution in [0, 0.1) is 0 Å². The first-order valence-electron chi connectivity index (χ1n) is 5.91. The maximum Gasteiger partial charge on any atom is 0.340 e. The van der Waals surface area contributed by atoms with Gasteiger partial charge < -0.3 is 15.4 Å². The first-order valence-corrected chi connectivity index (χ1v) is 5.91. The van der Waals surface area contributed by atoms with Crippen molar-refractivity contribution in [2.45, 2.75) is 18.9 Å². The topological polar surface area (TPSA) is 55.6 Å². The van der Waals surface area contributed by atoms with Gasteiger partial charge in [-0.2, -0.15) is 0 Å². The molecule has 0 aromatic heterocycles. The van der Waals surface area contributed by atoms with Crippen LogP contribution in [0.2, 0.25) is 0 Å². The Hall–Kier alpha value is -1.55. The first kappa shape index (κ1) is 11.9. The highest BCUT2D eigenvalue weighted by atomic mass is 16.5. The highest BCUT2D eigenvalue weighted by Crippen LogP contribution is 2.17. The quantitative estimate of drug-likeness (QED) is 0.622. The smallest absolute Gasteiger partial charge is 0.340 e. The van der Waals surface area contributed by atoms with Crippen LogP contribution in [0.25, 0.3) is 0 Å². The summed E-state index contributed by atoms with van der Waals surface area (Å²) in [5, 5.41) is 0. The minimum absolute atomic E-state index is 0.0262. The molecule has 0 aliphatic carbocycles. The van der Waals surface area contributed by atoms with E-state index in [0.29, 0.717) is 11.3 Å². The molecule has 0 saturated carbocycles. The summed E-state index contributed by atoms with van der Waals surface area (Å²) in [6, 6.07) is 7.02. The summed E-state index contributed by atoms with van der Waals surface area (Å²) in [5.41, 5.74) is 6.68. The molecule has 4 heteroatoms. The van der Waals surface area contributed by atoms with E-state index in [1.165, 1.54) is 0 Å². The number of rotatable bonds is 2. The second-order valence-electron chi connectivity index (χ2n) is 4.50. The first-order chi connectivity index (χ1) is 8.16. The Morgan fingerprint density at radius 1 is 1.35 bits per heavy atom. The molecule has 1 aromatic rings. The molecule has 92 valence electrons. The van der Waals surface area contributed by atoms with E-state index in [1.807, 2.05) is 6.07 Å². The van der Waals surface area contributed by atoms with Gasteiger partial charge in [0, 0.05) is 18.8 Å². The van der Waals surface area contributed by atoms with Gasteiger partial charge in [-0.05, 0) is 32.0 Å². The predicted octanol–water partition coefficient (Wildman–Crippen LogP) is 1.52. The fourth-order valence-corrected chi connectivity index (χ4v) is 2.00. The van der Waals surface area contributed by atoms with Gasteiger partial charge in [-0.25, -0.2) is 4.79 Å². The summed E-state index contributed by atoms with van der Waals surface area (Å²) in [7, 11) is 2.08. The Labute approximate surface area is 101 Å². The van der Waals surface area contributed by atoms with E-state index in [4.69, 9.17) is 10.5 Å². The van der Waals surface area contributed by atoms with Crippen LogP contribution >= 0.6 is 0 Å². The van der Waals surface area contributed by atoms with E-state index >= 15 is 0 Å². The van der Waals surface area contributed by atoms with Crippen LogP contribution in [0.3, 0.4) is 0 Å². The monoisotopic (exact) mass is 234 g/mol. The zero-order valence-corrected chi connectivity index (χ0v) is 10.1. The van der Waals surface area contributed by atoms with Crippen molar-refractivity contribution in [1.29, 1.82) is 0 Å². The number of piperidine rings is 1. The summed E-state index contributed by atoms with van der Waals surface area (Å²) in [5.74, 6) is -0.308. The lowest BCUT2D eigenvalue weighted by Crippen LogP contribution is -2.35. The number of nitrogens with zero attached hydrogens (tertiary/aromatic N) is 1. The third-order valence-corrected chi connectivity index (χ3v) is 3.12. The number of esters is 1. The second kappa shape index (κ2) is 5.19. The molecule has 0 amide bonds. The lowest BCUT2D eigenvalue weighted by Gasteiger charge is -2.28. The molecule has 0 atom stereocenters. The molecule has 1 saturated heterocycles. The third kappa shape index (κ3) is 2.97. The number of likely N-dealkylation sites (tertiary alicyclic amines) is 1. The molecule has 1 aromatic carbocycles. The SMILES string of the molecule is CN1CCC(OC(=O)c2ccccc2N)CC1. The maximum absolute atomic E-state index is 11.9. The molecule has 17 heavy (non-hydrogen) atoms. The van der Waals surface area contributed by atoms with Crippen LogP contribution in [0.4, 0.5) is 5.69 Å². The van der Waals surface area contributed by atoms with E-state index in [-0.39, 0.29) is 12.1 Å². The predicted molar refractivity (Wildman–Crippen MR) is 66.8 cm³/mol. The third-order valence-electron chi connectivity index (χ3n) is 3.12. The van der Waals surface area contributed by atoms with E-state index < -0.39 is 0 Å². The van der Waals surface area contributed by atoms with Crippen LogP contribution in [0.5, 0.6) is 0 Å². The Morgan fingerprint density at radius 3 is 2.65 bits per heavy atom. The number of nitrogens with two attached hydrogens (primary N) is 1. The molecule has 1 aliphatic heterocycles. The van der Waals surface area contributed by atoms with Gasteiger partial charge in [0.05, 0.1) is 5.56 Å². The molecule has 4 nitrogen and oxygen atoms in total. The fourth-order valence-electron chi connectivity index (χ4n) is 2.00. The van der Waals surface area contributed by atoms with Crippen LogP contribution in [-0.2, 0) is 4.74 Å². The number of carbonyl (C=O) groups excluding carboxylic acids is 1. The average Bonchev–Trinajstić information content (AvgIpc) is 2.32. The van der Waals surface area contributed by atoms with E-state index in [9.17, 15) is 4.79 Å². The molecule has 0 unspecified atom stereocenters. The highest BCUT2D eigenvalue weighted by molar-refractivity contribution is 5.95. The number of benzene rings is 1. The Balaban J connectivity index is 1.96. The number of para-hydroxylation sites is 1. The molecule has 0 bridgehead atoms. The number of hydrogen-bond acceptors (Lipinski definition) is 4. The maximum atomic E-state index is 11.9. The van der Waals surface area contributed by atoms with Gasteiger partial charge in [0.25, 0.3) is 0 Å². The normalized spacial score (nSPS) is 17.9. The molecule has 1 fully saturated rings. The van der Waals surface area contributed by atoms with Gasteiger partial charge in [0.1, 0.15) is 6.10 Å². The molecule has 2 N–H and O–H groups in total. The summed E-state index contributed by atoms with van der Waals surface area (Å²) in [6.45, 7) is 1.95. The summed E-state index contributed by atoms with van der Waals surface area (Å²) < 4.78 is 5.46. The lowest BCUT2D eigenvalue weighted by molar-refractivity contribution is 0.0140. The zero-order chi connectivity index (χ0) is 12.3. The number of hydrogen-bond donors (Lipinski definition) is 1. The summed E-state index contributed by atoms with van der Waals surface area (Å²) >= 11 is 0. The minimum Gasteiger partial charge on any atom is -0.459 e. The Morgan fingerprint density at radius 2 is 2.00 bits per heavy atom. The summed E-state index contributed by atoms with van der Waals surface area (Å²) in [4.78, 5) is 14.1. The van der Waals surface area contributed by atoms with Crippen LogP contribution in [0.1, 0.15) is 23.2 Å². The number of carbonyl (C=O) groups is 1. The van der Waals surface area contributed by atoms with Crippen LogP contribution in [-0.4, -0.2) is 37.1 Å². The minimum atomic E-state index is -0.308. The molecule has 1 heterocycles. The van der Waals surface area contributed by atoms with Crippen molar-refractivity contribution in [3.05, 3.63) is 29.8 Å². The van der Waals surface area contributed by atoms with Crippen molar-refractivity contribution in [1.82, 2.24) is 4.90 Å². The van der Waals surface area contributed by atoms with E-state index in [0.717, 1.165) is 25.9 Å². The van der Waals surface area contributed by atoms with E-state index in [2.05, 4.69) is 11.9 Å². The number of anilines is 1. The largest absolute Gasteiger partial charge is 0.459 e. The standard InChI is InChI=1S/C13H18N2O2/c1-15-8-6-10(7-9-15)17-13(16)11-4-2-3-5-12(11)14/h2-5,10H,6-9,14H2,1H3. The molecular formula is C13H18N2O2. The lowest BCUT2D eigenvalue weighted by atomic mass is 10.1. The summed E-state index contributed by atoms with van der Waals surface area (Å²) in [6.07, 6.45) is 1.82. The van der Waals surface area contributed by atoms with Crippen LogP contribution < -0.4 is 5.73 Å². The average molecular weight is 234 g/mol. The second-order valence-corrected chi connectivity index (χ2v) is 4.50. The molecule has 0 spiro atoms. The Kier molecular flexibility index (Phi) is 3.64. The van der Waals surface area contributed by atoms with Gasteiger partial charge in [-0.15, -0.1) is 0 Å². The molecule has 2 rings (SSSR count).